The van der Waals surface area contributed by atoms with Gasteiger partial charge in [-0.2, -0.15) is 0 Å². The van der Waals surface area contributed by atoms with Crippen molar-refractivity contribution in [1.29, 1.82) is 0 Å². The number of phosphoric acid groups is 1. The molecular formula is C57H82N7O15P. The molecule has 0 aromatic heterocycles. The summed E-state index contributed by atoms with van der Waals surface area (Å²) in [6.45, 7) is 12.9. The molecule has 0 spiro atoms. The SMILES string of the molecule is CC(C)CN(Cc1ccc([N+](=O)[O-])cc1)C[C@@H](O)[C@H](Cc1ccccc1)NC(=O)O[C@H]1CCOC1.CC(C)CN(Cc1ccc([N+](=O)[O-])cc1)C[C@@H](OP(=O)([O-])OCC[N+](C)(C)C)[C@H](Cc1ccccc1)NC(=O)O[C@H]1CCOC1. The molecule has 2 heterocycles. The molecule has 7 atom stereocenters. The molecule has 0 radical (unpaired) electrons. The van der Waals surface area contributed by atoms with Gasteiger partial charge in [-0.15, -0.1) is 0 Å². The molecule has 2 saturated heterocycles. The second-order valence-electron chi connectivity index (χ2n) is 22.2. The predicted octanol–water partition coefficient (Wildman–Crippen LogP) is 7.30. The average Bonchev–Trinajstić information content (AvgIpc) is 4.11. The van der Waals surface area contributed by atoms with E-state index in [0.717, 1.165) is 28.8 Å². The minimum absolute atomic E-state index is 0.0213. The van der Waals surface area contributed by atoms with Crippen LogP contribution in [-0.4, -0.2) is 165 Å². The molecule has 0 aliphatic carbocycles. The second-order valence-corrected chi connectivity index (χ2v) is 23.6. The zero-order valence-electron chi connectivity index (χ0n) is 47.2. The summed E-state index contributed by atoms with van der Waals surface area (Å²) >= 11 is 0. The van der Waals surface area contributed by atoms with E-state index in [4.69, 9.17) is 28.0 Å². The summed E-state index contributed by atoms with van der Waals surface area (Å²) in [6.07, 6.45) is -1.92. The van der Waals surface area contributed by atoms with E-state index in [1.54, 1.807) is 24.3 Å². The Kier molecular flexibility index (Phi) is 26.4. The Hall–Kier alpha value is -5.91. The molecule has 2 fully saturated rings. The van der Waals surface area contributed by atoms with Gasteiger partial charge in [-0.05, 0) is 46.9 Å². The van der Waals surface area contributed by atoms with Crippen molar-refractivity contribution in [3.63, 3.8) is 0 Å². The first-order chi connectivity index (χ1) is 38.0. The Morgan fingerprint density at radius 3 is 1.49 bits per heavy atom. The van der Waals surface area contributed by atoms with E-state index in [9.17, 15) is 44.4 Å². The number of likely N-dealkylation sites (N-methyl/N-ethyl adjacent to an activating group) is 1. The van der Waals surface area contributed by atoms with Crippen LogP contribution in [0, 0.1) is 32.1 Å². The average molecular weight is 1140 g/mol. The van der Waals surface area contributed by atoms with Crippen LogP contribution in [0.25, 0.3) is 0 Å². The second kappa shape index (κ2) is 32.5. The number of carbonyl (C=O) groups is 2. The number of nitrogens with one attached hydrogen (secondary N) is 2. The van der Waals surface area contributed by atoms with Gasteiger partial charge in [0.05, 0.1) is 81.7 Å². The number of benzene rings is 4. The zero-order valence-corrected chi connectivity index (χ0v) is 48.1. The highest BCUT2D eigenvalue weighted by atomic mass is 31.2. The third-order valence-electron chi connectivity index (χ3n) is 13.0. The molecule has 80 heavy (non-hydrogen) atoms. The number of phosphoric ester groups is 1. The monoisotopic (exact) mass is 1140 g/mol. The number of alkyl carbamates (subject to hydrolysis) is 2. The number of carbonyl (C=O) groups excluding carboxylic acids is 2. The van der Waals surface area contributed by atoms with Crippen molar-refractivity contribution in [2.75, 3.05) is 86.9 Å². The van der Waals surface area contributed by atoms with Gasteiger partial charge in [0.25, 0.3) is 19.2 Å². The molecule has 6 rings (SSSR count). The largest absolute Gasteiger partial charge is 0.756 e. The first-order valence-electron chi connectivity index (χ1n) is 27.2. The molecule has 23 heteroatoms. The highest BCUT2D eigenvalue weighted by molar-refractivity contribution is 7.45. The summed E-state index contributed by atoms with van der Waals surface area (Å²) in [4.78, 5) is 64.3. The number of nitro groups is 2. The van der Waals surface area contributed by atoms with E-state index in [1.165, 1.54) is 24.3 Å². The van der Waals surface area contributed by atoms with Gasteiger partial charge in [0.1, 0.15) is 25.4 Å². The van der Waals surface area contributed by atoms with Crippen LogP contribution in [0.4, 0.5) is 21.0 Å². The lowest BCUT2D eigenvalue weighted by atomic mass is 10.0. The number of aliphatic hydroxyl groups excluding tert-OH is 1. The Balaban J connectivity index is 0.000000303. The molecule has 2 aliphatic rings. The molecule has 0 saturated carbocycles. The van der Waals surface area contributed by atoms with E-state index >= 15 is 0 Å². The van der Waals surface area contributed by atoms with Crippen LogP contribution in [0.1, 0.15) is 62.8 Å². The number of hydrogen-bond donors (Lipinski definition) is 3. The van der Waals surface area contributed by atoms with Crippen molar-refractivity contribution in [3.8, 4) is 0 Å². The van der Waals surface area contributed by atoms with Crippen LogP contribution < -0.4 is 15.5 Å². The van der Waals surface area contributed by atoms with Crippen LogP contribution >= 0.6 is 7.82 Å². The van der Waals surface area contributed by atoms with Gasteiger partial charge in [0, 0.05) is 76.4 Å². The van der Waals surface area contributed by atoms with Gasteiger partial charge in [0.2, 0.25) is 0 Å². The van der Waals surface area contributed by atoms with Crippen LogP contribution in [-0.2, 0) is 58.5 Å². The Morgan fingerprint density at radius 2 is 1.09 bits per heavy atom. The molecule has 22 nitrogen and oxygen atoms in total. The highest BCUT2D eigenvalue weighted by Crippen LogP contribution is 2.41. The van der Waals surface area contributed by atoms with Crippen molar-refractivity contribution in [2.45, 2.75) is 103 Å². The molecule has 2 aliphatic heterocycles. The number of amides is 2. The third kappa shape index (κ3) is 24.8. The predicted molar refractivity (Wildman–Crippen MR) is 299 cm³/mol. The van der Waals surface area contributed by atoms with Crippen molar-refractivity contribution in [2.24, 2.45) is 11.8 Å². The maximum absolute atomic E-state index is 13.2. The van der Waals surface area contributed by atoms with Crippen molar-refractivity contribution >= 4 is 31.4 Å². The molecule has 2 amide bonds. The quantitative estimate of drug-likeness (QED) is 0.0200. The van der Waals surface area contributed by atoms with E-state index in [0.29, 0.717) is 88.8 Å². The van der Waals surface area contributed by atoms with Gasteiger partial charge >= 0.3 is 12.2 Å². The van der Waals surface area contributed by atoms with Gasteiger partial charge in [-0.25, -0.2) is 9.59 Å². The summed E-state index contributed by atoms with van der Waals surface area (Å²) in [5.41, 5.74) is 3.59. The number of quaternary nitrogens is 1. The first kappa shape index (κ1) is 64.9. The number of nitrogens with zero attached hydrogens (tertiary/aromatic N) is 5. The Bertz CT molecular complexity index is 2530. The fourth-order valence-electron chi connectivity index (χ4n) is 9.09. The van der Waals surface area contributed by atoms with Gasteiger partial charge in [-0.1, -0.05) is 113 Å². The van der Waals surface area contributed by atoms with E-state index in [1.807, 2.05) is 101 Å². The summed E-state index contributed by atoms with van der Waals surface area (Å²) in [5, 5.41) is 39.1. The fourth-order valence-corrected chi connectivity index (χ4v) is 10.00. The van der Waals surface area contributed by atoms with Gasteiger partial charge < -0.3 is 53.1 Å². The lowest BCUT2D eigenvalue weighted by Crippen LogP contribution is -2.51. The molecule has 3 N–H and O–H groups in total. The minimum Gasteiger partial charge on any atom is -0.756 e. The van der Waals surface area contributed by atoms with Crippen LogP contribution in [0.15, 0.2) is 109 Å². The molecule has 440 valence electrons. The van der Waals surface area contributed by atoms with Gasteiger partial charge in [0.15, 0.2) is 0 Å². The maximum atomic E-state index is 13.2. The molecular weight excluding hydrogens is 1050 g/mol. The van der Waals surface area contributed by atoms with E-state index < -0.39 is 60.3 Å². The van der Waals surface area contributed by atoms with E-state index in [-0.39, 0.29) is 43.0 Å². The highest BCUT2D eigenvalue weighted by Gasteiger charge is 2.33. The van der Waals surface area contributed by atoms with Crippen LogP contribution in [0.2, 0.25) is 0 Å². The smallest absolute Gasteiger partial charge is 0.407 e. The first-order valence-corrected chi connectivity index (χ1v) is 28.7. The lowest BCUT2D eigenvalue weighted by Gasteiger charge is -2.37. The number of ether oxygens (including phenoxy) is 4. The summed E-state index contributed by atoms with van der Waals surface area (Å²) in [6, 6.07) is 30.4. The summed E-state index contributed by atoms with van der Waals surface area (Å²) < 4.78 is 46.5. The van der Waals surface area contributed by atoms with Crippen molar-refractivity contribution < 1.29 is 66.5 Å². The number of hydrogen-bond acceptors (Lipinski definition) is 17. The minimum atomic E-state index is -4.83. The Labute approximate surface area is 470 Å². The standard InChI is InChI=1S/C31H47N4O9P.C26H35N3O6/c1-24(2)20-33(21-26-11-13-27(14-12-26)34(37)38)22-30(44-45(39,40)42-18-16-35(3,4)5)29(19-25-9-7-6-8-10-25)32-31(36)43-28-15-17-41-23-28;1-19(2)15-28(16-21-8-10-22(11-9-21)29(32)33)17-25(30)24(14-20-6-4-3-5-7-20)27-26(31)35-23-12-13-34-18-23/h6-14,24,28-30H,15-23H2,1-5H3,(H-,32,36,39,40);3-11,19,23-25,30H,12-18H2,1-2H3,(H,27,31)/t28-,29-,30+;23-,24-,25+/m00/s1. The Morgan fingerprint density at radius 1 is 0.662 bits per heavy atom. The number of nitro benzene ring substituents is 2. The normalized spacial score (nSPS) is 17.7. The zero-order chi connectivity index (χ0) is 58.2. The molecule has 0 bridgehead atoms. The third-order valence-corrected chi connectivity index (χ3v) is 14.0. The van der Waals surface area contributed by atoms with E-state index in [2.05, 4.69) is 29.4 Å². The maximum Gasteiger partial charge on any atom is 0.407 e. The number of non-ortho nitro benzene ring substituents is 2. The molecule has 4 aromatic rings. The topological polar surface area (TPSA) is 267 Å². The number of rotatable bonds is 30. The summed E-state index contributed by atoms with van der Waals surface area (Å²) in [7, 11) is 0.936. The van der Waals surface area contributed by atoms with Gasteiger partial charge in [-0.3, -0.25) is 34.6 Å². The van der Waals surface area contributed by atoms with Crippen molar-refractivity contribution in [1.82, 2.24) is 20.4 Å². The fraction of sp³-hybridized carbons (Fsp3) is 0.544. The van der Waals surface area contributed by atoms with Crippen molar-refractivity contribution in [3.05, 3.63) is 152 Å². The molecule has 1 unspecified atom stereocenters. The number of aliphatic hydroxyl groups is 1. The van der Waals surface area contributed by atoms with Crippen LogP contribution in [0.3, 0.4) is 0 Å². The summed E-state index contributed by atoms with van der Waals surface area (Å²) in [5.74, 6) is 0.532. The lowest BCUT2D eigenvalue weighted by molar-refractivity contribution is -0.870. The molecule has 4 aromatic carbocycles. The van der Waals surface area contributed by atoms with Crippen LogP contribution in [0.5, 0.6) is 0 Å².